The molecule has 2 atom stereocenters. The number of hydrogen-bond donors (Lipinski definition) is 3. The van der Waals surface area contributed by atoms with E-state index in [4.69, 9.17) is 28.7 Å². The Morgan fingerprint density at radius 1 is 0.716 bits per heavy atom. The summed E-state index contributed by atoms with van der Waals surface area (Å²) in [7, 11) is 1.57. The van der Waals surface area contributed by atoms with Gasteiger partial charge in [-0.1, -0.05) is 109 Å². The van der Waals surface area contributed by atoms with Crippen molar-refractivity contribution in [3.05, 3.63) is 161 Å². The number of aromatic nitrogens is 1. The van der Waals surface area contributed by atoms with Crippen LogP contribution in [0.15, 0.2) is 127 Å². The summed E-state index contributed by atoms with van der Waals surface area (Å²) in [5.74, 6) is -0.255. The fraction of sp³-hybridized carbons (Fsp3) is 0.315. The van der Waals surface area contributed by atoms with Crippen LogP contribution in [0.5, 0.6) is 11.5 Å². The number of hydrogen-bond acceptors (Lipinski definition) is 10. The second-order valence-corrected chi connectivity index (χ2v) is 17.5. The van der Waals surface area contributed by atoms with E-state index in [0.29, 0.717) is 66.1 Å². The summed E-state index contributed by atoms with van der Waals surface area (Å²) in [6.45, 7) is 7.59. The second-order valence-electron chi connectivity index (χ2n) is 17.5. The van der Waals surface area contributed by atoms with Crippen LogP contribution in [-0.4, -0.2) is 73.6 Å². The van der Waals surface area contributed by atoms with Gasteiger partial charge in [-0.3, -0.25) is 9.78 Å². The van der Waals surface area contributed by atoms with Crippen molar-refractivity contribution in [3.63, 3.8) is 0 Å². The van der Waals surface area contributed by atoms with E-state index in [9.17, 15) is 19.2 Å². The lowest BCUT2D eigenvalue weighted by atomic mass is 9.98. The van der Waals surface area contributed by atoms with Gasteiger partial charge >= 0.3 is 18.2 Å². The first-order valence-corrected chi connectivity index (χ1v) is 22.6. The SMILES string of the molecule is COc1cc2nc(C)c(C(=O)N[C@H](COC(=O)[C@H](CCCCNC(=O)OC(C)(C)C)NC(=O)OCC3c4ccccc4-c4ccccc43)Cc3ccccc3)cc2cc1OCc1ccccc1. The highest BCUT2D eigenvalue weighted by molar-refractivity contribution is 5.99. The molecule has 0 saturated heterocycles. The van der Waals surface area contributed by atoms with Gasteiger partial charge in [-0.05, 0) is 98.9 Å². The normalized spacial score (nSPS) is 12.8. The fourth-order valence-electron chi connectivity index (χ4n) is 8.12. The lowest BCUT2D eigenvalue weighted by molar-refractivity contribution is -0.147. The standard InChI is InChI=1S/C54H58N4O9/c1-35-44(29-38-30-49(48(63-5)31-47(38)56-35)64-32-37-20-10-7-11-21-37)50(59)57-39(28-36-18-8-6-9-19-36)33-65-51(60)46(26-16-17-27-55-52(61)67-54(2,3)4)58-53(62)66-34-45-42-24-14-12-22-40(42)41-23-13-15-25-43(41)45/h6-15,18-25,29-31,39,45-46H,16-17,26-28,32-34H2,1-5H3,(H,55,61)(H,57,59)(H,58,62)/t39-,46-/m0/s1. The number of benzene rings is 5. The molecule has 0 radical (unpaired) electrons. The number of unbranched alkanes of at least 4 members (excludes halogenated alkanes) is 1. The van der Waals surface area contributed by atoms with Crippen molar-refractivity contribution in [2.75, 3.05) is 26.9 Å². The maximum Gasteiger partial charge on any atom is 0.407 e. The summed E-state index contributed by atoms with van der Waals surface area (Å²) in [4.78, 5) is 58.7. The van der Waals surface area contributed by atoms with Gasteiger partial charge in [0.05, 0.1) is 29.9 Å². The molecule has 5 aromatic carbocycles. The molecule has 1 aliphatic rings. The van der Waals surface area contributed by atoms with Gasteiger partial charge in [0.15, 0.2) is 11.5 Å². The maximum absolute atomic E-state index is 14.2. The minimum Gasteiger partial charge on any atom is -0.493 e. The number of ether oxygens (including phenoxy) is 5. The Labute approximate surface area is 391 Å². The van der Waals surface area contributed by atoms with Crippen LogP contribution in [0, 0.1) is 6.92 Å². The molecule has 1 aromatic heterocycles. The van der Waals surface area contributed by atoms with Crippen molar-refractivity contribution >= 4 is 35.0 Å². The molecular formula is C54H58N4O9. The van der Waals surface area contributed by atoms with Gasteiger partial charge in [0.1, 0.15) is 31.5 Å². The molecule has 348 valence electrons. The Kier molecular flexibility index (Phi) is 15.7. The largest absolute Gasteiger partial charge is 0.493 e. The van der Waals surface area contributed by atoms with Crippen LogP contribution >= 0.6 is 0 Å². The number of fused-ring (bicyclic) bond motifs is 4. The molecule has 67 heavy (non-hydrogen) atoms. The third-order valence-corrected chi connectivity index (χ3v) is 11.4. The van der Waals surface area contributed by atoms with Crippen molar-refractivity contribution in [3.8, 4) is 22.6 Å². The third-order valence-electron chi connectivity index (χ3n) is 11.4. The lowest BCUT2D eigenvalue weighted by Crippen LogP contribution is -2.45. The van der Waals surface area contributed by atoms with Crippen molar-refractivity contribution in [2.45, 2.75) is 83.6 Å². The Hall–Kier alpha value is -7.41. The van der Waals surface area contributed by atoms with Crippen LogP contribution in [0.4, 0.5) is 9.59 Å². The Morgan fingerprint density at radius 3 is 2.01 bits per heavy atom. The van der Waals surface area contributed by atoms with E-state index < -0.39 is 41.7 Å². The van der Waals surface area contributed by atoms with Crippen LogP contribution in [0.3, 0.4) is 0 Å². The minimum atomic E-state index is -1.09. The molecule has 0 bridgehead atoms. The number of carbonyl (C=O) groups is 4. The van der Waals surface area contributed by atoms with Gasteiger partial charge in [0, 0.05) is 23.9 Å². The van der Waals surface area contributed by atoms with Crippen LogP contribution in [0.2, 0.25) is 0 Å². The summed E-state index contributed by atoms with van der Waals surface area (Å²) in [5, 5.41) is 9.24. The highest BCUT2D eigenvalue weighted by Crippen LogP contribution is 2.44. The van der Waals surface area contributed by atoms with E-state index in [0.717, 1.165) is 33.4 Å². The molecule has 0 fully saturated rings. The van der Waals surface area contributed by atoms with Gasteiger partial charge in [-0.15, -0.1) is 0 Å². The number of esters is 1. The van der Waals surface area contributed by atoms with Gasteiger partial charge in [-0.2, -0.15) is 0 Å². The van der Waals surface area contributed by atoms with E-state index in [1.807, 2.05) is 97.1 Å². The van der Waals surface area contributed by atoms with E-state index in [1.54, 1.807) is 53.0 Å². The average molecular weight is 907 g/mol. The summed E-state index contributed by atoms with van der Waals surface area (Å²) < 4.78 is 28.9. The minimum absolute atomic E-state index is 0.0607. The summed E-state index contributed by atoms with van der Waals surface area (Å²) in [6, 6.07) is 39.0. The van der Waals surface area contributed by atoms with Gasteiger partial charge in [-0.25, -0.2) is 14.4 Å². The first-order valence-electron chi connectivity index (χ1n) is 22.6. The monoisotopic (exact) mass is 906 g/mol. The zero-order valence-electron chi connectivity index (χ0n) is 38.6. The zero-order valence-corrected chi connectivity index (χ0v) is 38.6. The number of methoxy groups -OCH3 is 1. The Bertz CT molecular complexity index is 2620. The number of alkyl carbamates (subject to hydrolysis) is 2. The van der Waals surface area contributed by atoms with Gasteiger partial charge < -0.3 is 39.6 Å². The average Bonchev–Trinajstić information content (AvgIpc) is 3.64. The molecule has 6 aromatic rings. The van der Waals surface area contributed by atoms with Crippen LogP contribution in [0.25, 0.3) is 22.0 Å². The van der Waals surface area contributed by atoms with Crippen molar-refractivity contribution in [1.29, 1.82) is 0 Å². The molecule has 13 nitrogen and oxygen atoms in total. The number of amides is 3. The van der Waals surface area contributed by atoms with Gasteiger partial charge in [0.25, 0.3) is 5.91 Å². The van der Waals surface area contributed by atoms with Crippen LogP contribution in [-0.2, 0) is 32.0 Å². The number of nitrogens with one attached hydrogen (secondary N) is 3. The second kappa shape index (κ2) is 22.2. The molecule has 13 heteroatoms. The maximum atomic E-state index is 14.2. The first-order chi connectivity index (χ1) is 32.3. The molecule has 0 spiro atoms. The van der Waals surface area contributed by atoms with Crippen LogP contribution < -0.4 is 25.4 Å². The number of rotatable bonds is 19. The summed E-state index contributed by atoms with van der Waals surface area (Å²) in [5.41, 5.74) is 7.02. The first kappa shape index (κ1) is 47.5. The Balaban J connectivity index is 1.04. The summed E-state index contributed by atoms with van der Waals surface area (Å²) in [6.07, 6.45) is 0.167. The fourth-order valence-corrected chi connectivity index (χ4v) is 8.12. The number of pyridine rings is 1. The third kappa shape index (κ3) is 12.9. The summed E-state index contributed by atoms with van der Waals surface area (Å²) >= 11 is 0. The molecule has 0 aliphatic heterocycles. The molecule has 3 N–H and O–H groups in total. The van der Waals surface area contributed by atoms with E-state index in [2.05, 4.69) is 28.1 Å². The highest BCUT2D eigenvalue weighted by Gasteiger charge is 2.31. The molecule has 3 amide bonds. The Morgan fingerprint density at radius 2 is 1.36 bits per heavy atom. The lowest BCUT2D eigenvalue weighted by Gasteiger charge is -2.23. The molecule has 1 aliphatic carbocycles. The smallest absolute Gasteiger partial charge is 0.407 e. The molecule has 1 heterocycles. The van der Waals surface area contributed by atoms with Crippen molar-refractivity contribution in [2.24, 2.45) is 0 Å². The molecule has 0 unspecified atom stereocenters. The highest BCUT2D eigenvalue weighted by atomic mass is 16.6. The predicted molar refractivity (Wildman–Crippen MR) is 256 cm³/mol. The number of nitrogens with zero attached hydrogens (tertiary/aromatic N) is 1. The van der Waals surface area contributed by atoms with Crippen molar-refractivity contribution in [1.82, 2.24) is 20.9 Å². The molecule has 7 rings (SSSR count). The topological polar surface area (TPSA) is 163 Å². The van der Waals surface area contributed by atoms with Crippen LogP contribution in [0.1, 0.15) is 84.3 Å². The van der Waals surface area contributed by atoms with E-state index >= 15 is 0 Å². The molecular weight excluding hydrogens is 849 g/mol. The quantitative estimate of drug-likeness (QED) is 0.0405. The molecule has 0 saturated carbocycles. The number of aryl methyl sites for hydroxylation is 1. The predicted octanol–water partition coefficient (Wildman–Crippen LogP) is 9.62. The van der Waals surface area contributed by atoms with Crippen molar-refractivity contribution < 1.29 is 42.9 Å². The zero-order chi connectivity index (χ0) is 47.3. The number of carbonyl (C=O) groups excluding carboxylic acids is 4. The van der Waals surface area contributed by atoms with E-state index in [1.165, 1.54) is 0 Å². The van der Waals surface area contributed by atoms with E-state index in [-0.39, 0.29) is 25.6 Å². The van der Waals surface area contributed by atoms with Gasteiger partial charge in [0.2, 0.25) is 0 Å².